The van der Waals surface area contributed by atoms with Crippen LogP contribution in [0.5, 0.6) is 0 Å². The van der Waals surface area contributed by atoms with Gasteiger partial charge in [0.1, 0.15) is 0 Å². The first-order valence-electron chi connectivity index (χ1n) is 9.95. The van der Waals surface area contributed by atoms with Gasteiger partial charge in [-0.2, -0.15) is 0 Å². The number of hydrogen-bond donors (Lipinski definition) is 2. The maximum absolute atomic E-state index is 12.4. The highest BCUT2D eigenvalue weighted by atomic mass is 16.2. The van der Waals surface area contributed by atoms with E-state index in [1.165, 1.54) is 11.1 Å². The molecule has 0 aliphatic carbocycles. The summed E-state index contributed by atoms with van der Waals surface area (Å²) in [4.78, 5) is 26.3. The van der Waals surface area contributed by atoms with Crippen LogP contribution in [-0.2, 0) is 9.59 Å². The molecule has 148 valence electrons. The Morgan fingerprint density at radius 3 is 2.21 bits per heavy atom. The lowest BCUT2D eigenvalue weighted by Crippen LogP contribution is -2.44. The smallest absolute Gasteiger partial charge is 0.234 e. The Kier molecular flexibility index (Phi) is 6.82. The summed E-state index contributed by atoms with van der Waals surface area (Å²) >= 11 is 0. The van der Waals surface area contributed by atoms with E-state index in [9.17, 15) is 9.59 Å². The summed E-state index contributed by atoms with van der Waals surface area (Å²) in [5.41, 5.74) is 3.44. The van der Waals surface area contributed by atoms with Crippen LogP contribution in [0.2, 0.25) is 0 Å². The van der Waals surface area contributed by atoms with E-state index in [2.05, 4.69) is 51.9 Å². The minimum Gasteiger partial charge on any atom is -0.359 e. The third kappa shape index (κ3) is 5.20. The fraction of sp³-hybridized carbons (Fsp3) is 0.391. The van der Waals surface area contributed by atoms with Crippen LogP contribution in [0.1, 0.15) is 31.4 Å². The second kappa shape index (κ2) is 9.51. The Hall–Kier alpha value is -2.66. The van der Waals surface area contributed by atoms with Crippen molar-refractivity contribution in [2.45, 2.75) is 25.8 Å². The topological polar surface area (TPSA) is 61.4 Å². The molecule has 2 aromatic carbocycles. The second-order valence-electron chi connectivity index (χ2n) is 7.44. The number of hydrogen-bond acceptors (Lipinski definition) is 3. The molecule has 0 radical (unpaired) electrons. The van der Waals surface area contributed by atoms with Crippen molar-refractivity contribution >= 4 is 11.8 Å². The standard InChI is InChI=1S/C23H29N3O2/c1-17(18-8-10-20(11-9-18)19-6-4-3-5-7-19)25-22(27)16-26-14-12-21(13-15-26)23(28)24-2/h3-11,17,21H,12-16H2,1-2H3,(H,24,28)(H,25,27). The molecule has 3 rings (SSSR count). The van der Waals surface area contributed by atoms with Crippen LogP contribution < -0.4 is 10.6 Å². The van der Waals surface area contributed by atoms with Crippen LogP contribution in [0.3, 0.4) is 0 Å². The number of carbonyl (C=O) groups excluding carboxylic acids is 2. The highest BCUT2D eigenvalue weighted by Gasteiger charge is 2.25. The lowest BCUT2D eigenvalue weighted by molar-refractivity contribution is -0.126. The number of piperidine rings is 1. The number of benzene rings is 2. The molecule has 0 saturated carbocycles. The van der Waals surface area contributed by atoms with Crippen LogP contribution in [0, 0.1) is 5.92 Å². The SMILES string of the molecule is CNC(=O)C1CCN(CC(=O)NC(C)c2ccc(-c3ccccc3)cc2)CC1. The van der Waals surface area contributed by atoms with Crippen molar-refractivity contribution in [2.75, 3.05) is 26.7 Å². The average molecular weight is 380 g/mol. The van der Waals surface area contributed by atoms with Gasteiger partial charge in [0.2, 0.25) is 11.8 Å². The lowest BCUT2D eigenvalue weighted by atomic mass is 9.96. The normalized spacial score (nSPS) is 16.4. The first kappa shape index (κ1) is 20.1. The Bertz CT molecular complexity index is 781. The van der Waals surface area contributed by atoms with Crippen LogP contribution in [-0.4, -0.2) is 43.4 Å². The molecule has 28 heavy (non-hydrogen) atoms. The van der Waals surface area contributed by atoms with Gasteiger partial charge in [0.05, 0.1) is 12.6 Å². The van der Waals surface area contributed by atoms with Gasteiger partial charge in [0.25, 0.3) is 0 Å². The maximum Gasteiger partial charge on any atom is 0.234 e. The van der Waals surface area contributed by atoms with Crippen molar-refractivity contribution in [3.05, 3.63) is 60.2 Å². The molecule has 2 amide bonds. The maximum atomic E-state index is 12.4. The predicted octanol–water partition coefficient (Wildman–Crippen LogP) is 2.99. The van der Waals surface area contributed by atoms with Crippen LogP contribution >= 0.6 is 0 Å². The largest absolute Gasteiger partial charge is 0.359 e. The molecule has 2 N–H and O–H groups in total. The highest BCUT2D eigenvalue weighted by molar-refractivity contribution is 5.79. The van der Waals surface area contributed by atoms with Crippen molar-refractivity contribution in [3.63, 3.8) is 0 Å². The van der Waals surface area contributed by atoms with E-state index in [1.807, 2.05) is 25.1 Å². The number of rotatable bonds is 6. The van der Waals surface area contributed by atoms with Gasteiger partial charge in [-0.05, 0) is 49.5 Å². The summed E-state index contributed by atoms with van der Waals surface area (Å²) in [6.07, 6.45) is 1.62. The van der Waals surface area contributed by atoms with Gasteiger partial charge in [0, 0.05) is 13.0 Å². The van der Waals surface area contributed by atoms with E-state index < -0.39 is 0 Å². The Morgan fingerprint density at radius 2 is 1.61 bits per heavy atom. The van der Waals surface area contributed by atoms with Gasteiger partial charge in [-0.15, -0.1) is 0 Å². The van der Waals surface area contributed by atoms with Crippen LogP contribution in [0.15, 0.2) is 54.6 Å². The van der Waals surface area contributed by atoms with E-state index >= 15 is 0 Å². The molecule has 1 heterocycles. The number of likely N-dealkylation sites (tertiary alicyclic amines) is 1. The Labute approximate surface area is 167 Å². The monoisotopic (exact) mass is 379 g/mol. The number of nitrogens with one attached hydrogen (secondary N) is 2. The zero-order valence-corrected chi connectivity index (χ0v) is 16.7. The molecule has 2 aromatic rings. The molecular formula is C23H29N3O2. The third-order valence-electron chi connectivity index (χ3n) is 5.47. The van der Waals surface area contributed by atoms with Gasteiger partial charge in [-0.1, -0.05) is 54.6 Å². The Morgan fingerprint density at radius 1 is 1.00 bits per heavy atom. The van der Waals surface area contributed by atoms with Crippen molar-refractivity contribution < 1.29 is 9.59 Å². The van der Waals surface area contributed by atoms with Crippen molar-refractivity contribution in [1.29, 1.82) is 0 Å². The summed E-state index contributed by atoms with van der Waals surface area (Å²) in [6.45, 7) is 3.96. The minimum absolute atomic E-state index is 0.0260. The fourth-order valence-corrected chi connectivity index (χ4v) is 3.73. The van der Waals surface area contributed by atoms with Crippen molar-refractivity contribution in [2.24, 2.45) is 5.92 Å². The first-order valence-corrected chi connectivity index (χ1v) is 9.95. The molecule has 0 aromatic heterocycles. The minimum atomic E-state index is -0.0410. The predicted molar refractivity (Wildman–Crippen MR) is 112 cm³/mol. The summed E-state index contributed by atoms with van der Waals surface area (Å²) in [6, 6.07) is 18.5. The van der Waals surface area contributed by atoms with Crippen LogP contribution in [0.25, 0.3) is 11.1 Å². The highest BCUT2D eigenvalue weighted by Crippen LogP contribution is 2.22. The fourth-order valence-electron chi connectivity index (χ4n) is 3.73. The van der Waals surface area contributed by atoms with E-state index in [-0.39, 0.29) is 23.8 Å². The van der Waals surface area contributed by atoms with Gasteiger partial charge < -0.3 is 10.6 Å². The average Bonchev–Trinajstić information content (AvgIpc) is 2.74. The number of nitrogens with zero attached hydrogens (tertiary/aromatic N) is 1. The summed E-state index contributed by atoms with van der Waals surface area (Å²) in [5.74, 6) is 0.209. The molecule has 1 unspecified atom stereocenters. The molecule has 5 heteroatoms. The second-order valence-corrected chi connectivity index (χ2v) is 7.44. The van der Waals surface area contributed by atoms with Gasteiger partial charge >= 0.3 is 0 Å². The Balaban J connectivity index is 1.49. The van der Waals surface area contributed by atoms with E-state index in [1.54, 1.807) is 7.05 Å². The molecule has 1 fully saturated rings. The number of carbonyl (C=O) groups is 2. The molecule has 1 aliphatic heterocycles. The summed E-state index contributed by atoms with van der Waals surface area (Å²) in [7, 11) is 1.68. The molecule has 1 aliphatic rings. The van der Waals surface area contributed by atoms with E-state index in [0.717, 1.165) is 31.5 Å². The zero-order valence-electron chi connectivity index (χ0n) is 16.7. The lowest BCUT2D eigenvalue weighted by Gasteiger charge is -2.30. The molecular weight excluding hydrogens is 350 g/mol. The van der Waals surface area contributed by atoms with Gasteiger partial charge in [-0.3, -0.25) is 14.5 Å². The first-order chi connectivity index (χ1) is 13.6. The number of amides is 2. The quantitative estimate of drug-likeness (QED) is 0.811. The van der Waals surface area contributed by atoms with E-state index in [4.69, 9.17) is 0 Å². The zero-order chi connectivity index (χ0) is 19.9. The van der Waals surface area contributed by atoms with Gasteiger partial charge in [0.15, 0.2) is 0 Å². The van der Waals surface area contributed by atoms with E-state index in [0.29, 0.717) is 6.54 Å². The van der Waals surface area contributed by atoms with Crippen molar-refractivity contribution in [3.8, 4) is 11.1 Å². The molecule has 1 saturated heterocycles. The molecule has 1 atom stereocenters. The molecule has 0 spiro atoms. The van der Waals surface area contributed by atoms with Gasteiger partial charge in [-0.25, -0.2) is 0 Å². The summed E-state index contributed by atoms with van der Waals surface area (Å²) < 4.78 is 0. The molecule has 5 nitrogen and oxygen atoms in total. The summed E-state index contributed by atoms with van der Waals surface area (Å²) in [5, 5.41) is 5.80. The van der Waals surface area contributed by atoms with Crippen LogP contribution in [0.4, 0.5) is 0 Å². The third-order valence-corrected chi connectivity index (χ3v) is 5.47. The van der Waals surface area contributed by atoms with Crippen molar-refractivity contribution in [1.82, 2.24) is 15.5 Å². The molecule has 0 bridgehead atoms.